The molecule has 1 fully saturated rings. The largest absolute Gasteiger partial charge is 0.377 e. The van der Waals surface area contributed by atoms with E-state index in [1.807, 2.05) is 20.2 Å². The van der Waals surface area contributed by atoms with Crippen LogP contribution in [0.5, 0.6) is 0 Å². The predicted octanol–water partition coefficient (Wildman–Crippen LogP) is 4.02. The van der Waals surface area contributed by atoms with Gasteiger partial charge in [-0.1, -0.05) is 60.7 Å². The molecule has 4 nitrogen and oxygen atoms in total. The fourth-order valence-corrected chi connectivity index (χ4v) is 4.80. The van der Waals surface area contributed by atoms with E-state index in [9.17, 15) is 4.79 Å². The molecule has 0 bridgehead atoms. The van der Waals surface area contributed by atoms with Crippen LogP contribution >= 0.6 is 0 Å². The lowest BCUT2D eigenvalue weighted by molar-refractivity contribution is -0.138. The van der Waals surface area contributed by atoms with Gasteiger partial charge >= 0.3 is 0 Å². The number of ether oxygens (including phenoxy) is 1. The monoisotopic (exact) mass is 404 g/mol. The second kappa shape index (κ2) is 9.15. The van der Waals surface area contributed by atoms with Crippen molar-refractivity contribution in [2.45, 2.75) is 19.3 Å². The first-order valence-electron chi connectivity index (χ1n) is 10.9. The molecule has 0 aliphatic carbocycles. The molecule has 1 saturated heterocycles. The van der Waals surface area contributed by atoms with E-state index < -0.39 is 0 Å². The van der Waals surface area contributed by atoms with Crippen LogP contribution < -0.4 is 0 Å². The van der Waals surface area contributed by atoms with Crippen LogP contribution in [-0.2, 0) is 16.0 Å². The summed E-state index contributed by atoms with van der Waals surface area (Å²) in [7, 11) is 3.76. The third-order valence-electron chi connectivity index (χ3n) is 6.31. The Morgan fingerprint density at radius 2 is 1.80 bits per heavy atom. The molecule has 1 amide bonds. The van der Waals surface area contributed by atoms with Crippen molar-refractivity contribution >= 4 is 5.91 Å². The maximum atomic E-state index is 13.3. The Kier molecular flexibility index (Phi) is 6.35. The average molecular weight is 405 g/mol. The fourth-order valence-electron chi connectivity index (χ4n) is 4.80. The Hall–Kier alpha value is -2.43. The van der Waals surface area contributed by atoms with Crippen LogP contribution in [0.15, 0.2) is 66.2 Å². The Labute approximate surface area is 180 Å². The molecule has 4 heteroatoms. The van der Waals surface area contributed by atoms with E-state index in [0.717, 1.165) is 52.1 Å². The van der Waals surface area contributed by atoms with Crippen molar-refractivity contribution in [2.24, 2.45) is 5.41 Å². The zero-order valence-electron chi connectivity index (χ0n) is 18.1. The predicted molar refractivity (Wildman–Crippen MR) is 121 cm³/mol. The fraction of sp³-hybridized carbons (Fsp3) is 0.423. The summed E-state index contributed by atoms with van der Waals surface area (Å²) in [5.41, 5.74) is 4.66. The normalized spacial score (nSPS) is 22.0. The second-order valence-corrected chi connectivity index (χ2v) is 8.88. The number of amides is 1. The van der Waals surface area contributed by atoms with Crippen LogP contribution in [0.2, 0.25) is 0 Å². The standard InChI is InChI=1S/C26H32N2O2/c1-27(2)25(29)26(14-15-28(20-26)18-22-7-6-16-30-19-22)17-21-10-12-24(13-11-21)23-8-4-3-5-9-23/h3-5,7-13H,6,14-20H2,1-2H3. The summed E-state index contributed by atoms with van der Waals surface area (Å²) in [4.78, 5) is 17.5. The number of benzene rings is 2. The van der Waals surface area contributed by atoms with Crippen LogP contribution in [0.4, 0.5) is 0 Å². The minimum atomic E-state index is -0.353. The molecule has 1 atom stereocenters. The van der Waals surface area contributed by atoms with Gasteiger partial charge in [0, 0.05) is 27.2 Å². The number of carbonyl (C=O) groups excluding carboxylic acids is 1. The van der Waals surface area contributed by atoms with E-state index in [4.69, 9.17) is 4.74 Å². The highest BCUT2D eigenvalue weighted by molar-refractivity contribution is 5.83. The van der Waals surface area contributed by atoms with E-state index in [1.165, 1.54) is 22.3 Å². The van der Waals surface area contributed by atoms with Gasteiger partial charge in [0.1, 0.15) is 0 Å². The number of nitrogens with zero attached hydrogens (tertiary/aromatic N) is 2. The number of hydrogen-bond acceptors (Lipinski definition) is 3. The molecule has 158 valence electrons. The lowest BCUT2D eigenvalue weighted by Gasteiger charge is -2.31. The molecule has 0 radical (unpaired) electrons. The van der Waals surface area contributed by atoms with E-state index >= 15 is 0 Å². The van der Waals surface area contributed by atoms with Gasteiger partial charge in [-0.2, -0.15) is 0 Å². The third-order valence-corrected chi connectivity index (χ3v) is 6.31. The smallest absolute Gasteiger partial charge is 0.229 e. The van der Waals surface area contributed by atoms with Gasteiger partial charge in [-0.15, -0.1) is 0 Å². The molecular weight excluding hydrogens is 372 g/mol. The van der Waals surface area contributed by atoms with E-state index in [1.54, 1.807) is 4.90 Å². The molecule has 2 aliphatic rings. The van der Waals surface area contributed by atoms with Gasteiger partial charge in [0.05, 0.1) is 18.6 Å². The van der Waals surface area contributed by atoms with Crippen molar-refractivity contribution in [3.8, 4) is 11.1 Å². The van der Waals surface area contributed by atoms with Crippen LogP contribution in [0, 0.1) is 5.41 Å². The number of rotatable bonds is 6. The molecular formula is C26H32N2O2. The molecule has 2 aliphatic heterocycles. The van der Waals surface area contributed by atoms with E-state index in [0.29, 0.717) is 0 Å². The van der Waals surface area contributed by atoms with Crippen molar-refractivity contribution < 1.29 is 9.53 Å². The van der Waals surface area contributed by atoms with Gasteiger partial charge in [-0.05, 0) is 48.1 Å². The van der Waals surface area contributed by atoms with E-state index in [-0.39, 0.29) is 11.3 Å². The highest BCUT2D eigenvalue weighted by atomic mass is 16.5. The summed E-state index contributed by atoms with van der Waals surface area (Å²) in [6, 6.07) is 19.2. The molecule has 0 saturated carbocycles. The van der Waals surface area contributed by atoms with Crippen molar-refractivity contribution in [3.05, 3.63) is 71.8 Å². The van der Waals surface area contributed by atoms with Crippen LogP contribution in [0.3, 0.4) is 0 Å². The maximum Gasteiger partial charge on any atom is 0.229 e. The van der Waals surface area contributed by atoms with Gasteiger partial charge < -0.3 is 9.64 Å². The van der Waals surface area contributed by atoms with Crippen LogP contribution in [0.25, 0.3) is 11.1 Å². The number of likely N-dealkylation sites (tertiary alicyclic amines) is 1. The average Bonchev–Trinajstić information content (AvgIpc) is 3.18. The lowest BCUT2D eigenvalue weighted by atomic mass is 9.79. The second-order valence-electron chi connectivity index (χ2n) is 8.88. The summed E-state index contributed by atoms with van der Waals surface area (Å²) in [5, 5.41) is 0. The number of carbonyl (C=O) groups is 1. The van der Waals surface area contributed by atoms with Gasteiger partial charge in [0.2, 0.25) is 5.91 Å². The van der Waals surface area contributed by atoms with Gasteiger partial charge in [-0.3, -0.25) is 9.69 Å². The Morgan fingerprint density at radius 1 is 1.07 bits per heavy atom. The SMILES string of the molecule is CN(C)C(=O)C1(Cc2ccc(-c3ccccc3)cc2)CCN(CC2=CCCOC2)C1. The molecule has 0 spiro atoms. The van der Waals surface area contributed by atoms with Crippen LogP contribution in [-0.4, -0.2) is 62.7 Å². The molecule has 1 unspecified atom stereocenters. The molecule has 2 heterocycles. The summed E-state index contributed by atoms with van der Waals surface area (Å²) in [6.45, 7) is 4.23. The first-order chi connectivity index (χ1) is 14.6. The Bertz CT molecular complexity index is 889. The van der Waals surface area contributed by atoms with E-state index in [2.05, 4.69) is 59.5 Å². The molecule has 0 aromatic heterocycles. The first kappa shape index (κ1) is 20.8. The van der Waals surface area contributed by atoms with Crippen molar-refractivity contribution in [1.29, 1.82) is 0 Å². The van der Waals surface area contributed by atoms with Gasteiger partial charge in [0.25, 0.3) is 0 Å². The number of hydrogen-bond donors (Lipinski definition) is 0. The Morgan fingerprint density at radius 3 is 2.47 bits per heavy atom. The summed E-state index contributed by atoms with van der Waals surface area (Å²) < 4.78 is 5.60. The molecule has 30 heavy (non-hydrogen) atoms. The minimum Gasteiger partial charge on any atom is -0.377 e. The van der Waals surface area contributed by atoms with Crippen LogP contribution in [0.1, 0.15) is 18.4 Å². The summed E-state index contributed by atoms with van der Waals surface area (Å²) >= 11 is 0. The van der Waals surface area contributed by atoms with Crippen molar-refractivity contribution in [3.63, 3.8) is 0 Å². The lowest BCUT2D eigenvalue weighted by Crippen LogP contribution is -2.44. The third kappa shape index (κ3) is 4.66. The van der Waals surface area contributed by atoms with Gasteiger partial charge in [0.15, 0.2) is 0 Å². The van der Waals surface area contributed by atoms with Crippen molar-refractivity contribution in [1.82, 2.24) is 9.80 Å². The van der Waals surface area contributed by atoms with Crippen molar-refractivity contribution in [2.75, 3.05) is 46.9 Å². The summed E-state index contributed by atoms with van der Waals surface area (Å²) in [5.74, 6) is 0.242. The highest BCUT2D eigenvalue weighted by Gasteiger charge is 2.45. The zero-order valence-corrected chi connectivity index (χ0v) is 18.1. The molecule has 2 aromatic carbocycles. The zero-order chi connectivity index (χ0) is 21.0. The van der Waals surface area contributed by atoms with Gasteiger partial charge in [-0.25, -0.2) is 0 Å². The summed E-state index contributed by atoms with van der Waals surface area (Å²) in [6.07, 6.45) is 4.99. The molecule has 4 rings (SSSR count). The molecule has 0 N–H and O–H groups in total. The minimum absolute atomic E-state index is 0.242. The molecule has 2 aromatic rings. The topological polar surface area (TPSA) is 32.8 Å². The Balaban J connectivity index is 1.50. The first-order valence-corrected chi connectivity index (χ1v) is 10.9. The highest BCUT2D eigenvalue weighted by Crippen LogP contribution is 2.37. The quantitative estimate of drug-likeness (QED) is 0.682. The maximum absolute atomic E-state index is 13.3.